The summed E-state index contributed by atoms with van der Waals surface area (Å²) in [6.45, 7) is 0. The zero-order chi connectivity index (χ0) is 9.97. The first-order valence-electron chi connectivity index (χ1n) is 3.74. The van der Waals surface area contributed by atoms with E-state index in [1.807, 2.05) is 0 Å². The largest absolute Gasteiger partial charge is 0.476 e. The summed E-state index contributed by atoms with van der Waals surface area (Å²) >= 11 is 1.24. The molecular weight excluding hydrogens is 202 g/mol. The lowest BCUT2D eigenvalue weighted by Crippen LogP contribution is -1.96. The van der Waals surface area contributed by atoms with Crippen LogP contribution >= 0.6 is 11.3 Å². The lowest BCUT2D eigenvalue weighted by molar-refractivity contribution is 0.0691. The molecule has 0 saturated carbocycles. The first-order valence-corrected chi connectivity index (χ1v) is 4.62. The average molecular weight is 207 g/mol. The molecule has 0 amide bonds. The minimum absolute atomic E-state index is 0.0376. The van der Waals surface area contributed by atoms with Crippen LogP contribution in [0.4, 0.5) is 0 Å². The number of hydrogen-bond donors (Lipinski definition) is 1. The normalized spacial score (nSPS) is 10.0. The van der Waals surface area contributed by atoms with Crippen LogP contribution in [0.1, 0.15) is 10.5 Å². The molecule has 0 unspecified atom stereocenters. The molecule has 6 heteroatoms. The standard InChI is InChI=1S/C8H5N3O2S/c12-8(13)6-4-14-7(10-6)5-2-1-3-9-11-5/h1-4H,(H,12,13). The monoisotopic (exact) mass is 207 g/mol. The average Bonchev–Trinajstić information content (AvgIpc) is 2.68. The van der Waals surface area contributed by atoms with Crippen LogP contribution < -0.4 is 0 Å². The van der Waals surface area contributed by atoms with E-state index in [0.717, 1.165) is 0 Å². The summed E-state index contributed by atoms with van der Waals surface area (Å²) in [4.78, 5) is 14.5. The molecule has 0 radical (unpaired) electrons. The second kappa shape index (κ2) is 3.51. The van der Waals surface area contributed by atoms with Gasteiger partial charge in [-0.1, -0.05) is 0 Å². The second-order valence-electron chi connectivity index (χ2n) is 2.45. The maximum atomic E-state index is 10.6. The Balaban J connectivity index is 2.39. The third kappa shape index (κ3) is 1.60. The molecule has 2 rings (SSSR count). The third-order valence-electron chi connectivity index (χ3n) is 1.51. The van der Waals surface area contributed by atoms with Gasteiger partial charge in [0.25, 0.3) is 0 Å². The predicted molar refractivity (Wildman–Crippen MR) is 50.1 cm³/mol. The van der Waals surface area contributed by atoms with Crippen molar-refractivity contribution in [2.75, 3.05) is 0 Å². The molecule has 14 heavy (non-hydrogen) atoms. The van der Waals surface area contributed by atoms with E-state index >= 15 is 0 Å². The number of aromatic nitrogens is 3. The Morgan fingerprint density at radius 1 is 1.50 bits per heavy atom. The van der Waals surface area contributed by atoms with Crippen LogP contribution in [0.5, 0.6) is 0 Å². The van der Waals surface area contributed by atoms with Gasteiger partial charge in [-0.2, -0.15) is 5.10 Å². The van der Waals surface area contributed by atoms with Crippen molar-refractivity contribution < 1.29 is 9.90 Å². The summed E-state index contributed by atoms with van der Waals surface area (Å²) < 4.78 is 0. The number of carbonyl (C=O) groups is 1. The van der Waals surface area contributed by atoms with Crippen molar-refractivity contribution in [2.45, 2.75) is 0 Å². The van der Waals surface area contributed by atoms with Crippen molar-refractivity contribution in [2.24, 2.45) is 0 Å². The fourth-order valence-corrected chi connectivity index (χ4v) is 1.66. The molecule has 0 bridgehead atoms. The van der Waals surface area contributed by atoms with Gasteiger partial charge in [0.15, 0.2) is 5.69 Å². The van der Waals surface area contributed by atoms with Crippen LogP contribution in [0.15, 0.2) is 23.7 Å². The van der Waals surface area contributed by atoms with Gasteiger partial charge in [-0.15, -0.1) is 16.4 Å². The van der Waals surface area contributed by atoms with E-state index < -0.39 is 5.97 Å². The summed E-state index contributed by atoms with van der Waals surface area (Å²) in [6, 6.07) is 3.46. The number of carboxylic acid groups (broad SMARTS) is 1. The smallest absolute Gasteiger partial charge is 0.355 e. The molecule has 2 aromatic heterocycles. The predicted octanol–water partition coefficient (Wildman–Crippen LogP) is 1.30. The van der Waals surface area contributed by atoms with Crippen LogP contribution in [0, 0.1) is 0 Å². The van der Waals surface area contributed by atoms with Gasteiger partial charge in [-0.05, 0) is 12.1 Å². The fourth-order valence-electron chi connectivity index (χ4n) is 0.905. The Kier molecular flexibility index (Phi) is 2.19. The van der Waals surface area contributed by atoms with Crippen molar-refractivity contribution in [3.05, 3.63) is 29.4 Å². The SMILES string of the molecule is O=C(O)c1csc(-c2cccnn2)n1. The minimum Gasteiger partial charge on any atom is -0.476 e. The summed E-state index contributed by atoms with van der Waals surface area (Å²) in [5.74, 6) is -1.03. The molecule has 1 N–H and O–H groups in total. The minimum atomic E-state index is -1.03. The van der Waals surface area contributed by atoms with E-state index in [1.54, 1.807) is 18.3 Å². The highest BCUT2D eigenvalue weighted by atomic mass is 32.1. The van der Waals surface area contributed by atoms with Crippen LogP contribution in [-0.2, 0) is 0 Å². The van der Waals surface area contributed by atoms with E-state index in [2.05, 4.69) is 15.2 Å². The van der Waals surface area contributed by atoms with Gasteiger partial charge >= 0.3 is 5.97 Å². The van der Waals surface area contributed by atoms with E-state index in [-0.39, 0.29) is 5.69 Å². The van der Waals surface area contributed by atoms with Crippen molar-refractivity contribution in [3.8, 4) is 10.7 Å². The van der Waals surface area contributed by atoms with Gasteiger partial charge in [0, 0.05) is 11.6 Å². The molecule has 70 valence electrons. The fraction of sp³-hybridized carbons (Fsp3) is 0. The summed E-state index contributed by atoms with van der Waals surface area (Å²) in [6.07, 6.45) is 1.55. The number of carboxylic acids is 1. The highest BCUT2D eigenvalue weighted by Crippen LogP contribution is 2.20. The molecule has 0 saturated heterocycles. The van der Waals surface area contributed by atoms with E-state index in [0.29, 0.717) is 10.7 Å². The lowest BCUT2D eigenvalue weighted by Gasteiger charge is -1.90. The second-order valence-corrected chi connectivity index (χ2v) is 3.31. The molecule has 0 fully saturated rings. The van der Waals surface area contributed by atoms with E-state index in [4.69, 9.17) is 5.11 Å². The van der Waals surface area contributed by atoms with Gasteiger partial charge in [0.2, 0.25) is 0 Å². The maximum absolute atomic E-state index is 10.6. The highest BCUT2D eigenvalue weighted by Gasteiger charge is 2.10. The third-order valence-corrected chi connectivity index (χ3v) is 2.38. The maximum Gasteiger partial charge on any atom is 0.355 e. The Hall–Kier alpha value is -1.82. The first-order chi connectivity index (χ1) is 6.77. The number of hydrogen-bond acceptors (Lipinski definition) is 5. The van der Waals surface area contributed by atoms with Crippen LogP contribution in [0.3, 0.4) is 0 Å². The number of nitrogens with zero attached hydrogens (tertiary/aromatic N) is 3. The Bertz CT molecular complexity index is 455. The number of thiazole rings is 1. The molecule has 5 nitrogen and oxygen atoms in total. The van der Waals surface area contributed by atoms with Crippen LogP contribution in [0.25, 0.3) is 10.7 Å². The molecule has 2 heterocycles. The Labute approximate surface area is 83.1 Å². The Morgan fingerprint density at radius 2 is 2.36 bits per heavy atom. The molecule has 2 aromatic rings. The van der Waals surface area contributed by atoms with E-state index in [9.17, 15) is 4.79 Å². The number of rotatable bonds is 2. The van der Waals surface area contributed by atoms with E-state index in [1.165, 1.54) is 16.7 Å². The lowest BCUT2D eigenvalue weighted by atomic mass is 10.4. The zero-order valence-electron chi connectivity index (χ0n) is 6.91. The molecule has 0 aromatic carbocycles. The van der Waals surface area contributed by atoms with Gasteiger partial charge in [0.05, 0.1) is 0 Å². The van der Waals surface area contributed by atoms with Gasteiger partial charge in [-0.3, -0.25) is 0 Å². The topological polar surface area (TPSA) is 76.0 Å². The van der Waals surface area contributed by atoms with Crippen molar-refractivity contribution >= 4 is 17.3 Å². The van der Waals surface area contributed by atoms with Gasteiger partial charge in [0.1, 0.15) is 10.7 Å². The summed E-state index contributed by atoms with van der Waals surface area (Å²) in [5, 5.41) is 18.2. The number of aromatic carboxylic acids is 1. The Morgan fingerprint density at radius 3 is 2.93 bits per heavy atom. The summed E-state index contributed by atoms with van der Waals surface area (Å²) in [7, 11) is 0. The first kappa shape index (κ1) is 8.76. The molecule has 0 aliphatic carbocycles. The molecular formula is C8H5N3O2S. The molecule has 0 spiro atoms. The van der Waals surface area contributed by atoms with Crippen LogP contribution in [-0.4, -0.2) is 26.3 Å². The van der Waals surface area contributed by atoms with Crippen molar-refractivity contribution in [1.29, 1.82) is 0 Å². The van der Waals surface area contributed by atoms with Gasteiger partial charge in [-0.25, -0.2) is 9.78 Å². The molecule has 0 aliphatic heterocycles. The van der Waals surface area contributed by atoms with Crippen molar-refractivity contribution in [3.63, 3.8) is 0 Å². The van der Waals surface area contributed by atoms with Gasteiger partial charge < -0.3 is 5.11 Å². The van der Waals surface area contributed by atoms with Crippen molar-refractivity contribution in [1.82, 2.24) is 15.2 Å². The quantitative estimate of drug-likeness (QED) is 0.803. The van der Waals surface area contributed by atoms with Crippen LogP contribution in [0.2, 0.25) is 0 Å². The highest BCUT2D eigenvalue weighted by molar-refractivity contribution is 7.13. The zero-order valence-corrected chi connectivity index (χ0v) is 7.73. The molecule has 0 aliphatic rings. The summed E-state index contributed by atoms with van der Waals surface area (Å²) in [5.41, 5.74) is 0.626. The molecule has 0 atom stereocenters.